The van der Waals surface area contributed by atoms with Crippen molar-refractivity contribution in [2.75, 3.05) is 19.6 Å². The van der Waals surface area contributed by atoms with Gasteiger partial charge in [-0.1, -0.05) is 41.9 Å². The van der Waals surface area contributed by atoms with Crippen molar-refractivity contribution in [2.24, 2.45) is 0 Å². The second-order valence-corrected chi connectivity index (χ2v) is 5.02. The molecule has 0 atom stereocenters. The van der Waals surface area contributed by atoms with Gasteiger partial charge in [0.05, 0.1) is 0 Å². The van der Waals surface area contributed by atoms with Crippen molar-refractivity contribution in [1.29, 1.82) is 0 Å². The first-order valence-electron chi connectivity index (χ1n) is 6.22. The molecular weight excluding hydrogens is 275 g/mol. The number of alkyl halides is 3. The van der Waals surface area contributed by atoms with E-state index in [1.54, 1.807) is 30.3 Å². The minimum atomic E-state index is -4.49. The molecule has 2 rings (SSSR count). The number of halogens is 4. The summed E-state index contributed by atoms with van der Waals surface area (Å²) in [6, 6.07) is 8.55. The number of allylic oxidation sites excluding steroid dienone is 1. The molecule has 1 aliphatic rings. The van der Waals surface area contributed by atoms with Gasteiger partial charge in [-0.05, 0) is 37.1 Å². The quantitative estimate of drug-likeness (QED) is 0.802. The van der Waals surface area contributed by atoms with E-state index in [2.05, 4.69) is 0 Å². The Labute approximate surface area is 115 Å². The highest BCUT2D eigenvalue weighted by atomic mass is 35.5. The Morgan fingerprint density at radius 2 is 1.68 bits per heavy atom. The van der Waals surface area contributed by atoms with Crippen LogP contribution in [0.25, 0.3) is 5.57 Å². The fourth-order valence-electron chi connectivity index (χ4n) is 2.26. The van der Waals surface area contributed by atoms with Crippen molar-refractivity contribution in [1.82, 2.24) is 4.90 Å². The second-order valence-electron chi connectivity index (χ2n) is 4.64. The van der Waals surface area contributed by atoms with Crippen molar-refractivity contribution in [3.63, 3.8) is 0 Å². The van der Waals surface area contributed by atoms with E-state index < -0.39 is 11.2 Å². The van der Waals surface area contributed by atoms with Gasteiger partial charge in [0.1, 0.15) is 5.03 Å². The van der Waals surface area contributed by atoms with Crippen LogP contribution in [0, 0.1) is 0 Å². The highest BCUT2D eigenvalue weighted by molar-refractivity contribution is 6.33. The molecule has 0 saturated carbocycles. The fourth-order valence-corrected chi connectivity index (χ4v) is 2.43. The molecule has 1 aromatic carbocycles. The second kappa shape index (κ2) is 5.97. The summed E-state index contributed by atoms with van der Waals surface area (Å²) in [6.45, 7) is 1.92. The van der Waals surface area contributed by atoms with Crippen LogP contribution in [0.5, 0.6) is 0 Å². The molecule has 104 valence electrons. The fraction of sp³-hybridized carbons (Fsp3) is 0.429. The minimum Gasteiger partial charge on any atom is -0.299 e. The smallest absolute Gasteiger partial charge is 0.299 e. The van der Waals surface area contributed by atoms with Crippen LogP contribution in [-0.2, 0) is 0 Å². The summed E-state index contributed by atoms with van der Waals surface area (Å²) in [5.74, 6) is 0. The molecule has 0 bridgehead atoms. The van der Waals surface area contributed by atoms with Gasteiger partial charge >= 0.3 is 6.18 Å². The van der Waals surface area contributed by atoms with Gasteiger partial charge in [0.25, 0.3) is 0 Å². The van der Waals surface area contributed by atoms with E-state index in [9.17, 15) is 13.2 Å². The predicted molar refractivity (Wildman–Crippen MR) is 70.9 cm³/mol. The maximum absolute atomic E-state index is 12.9. The van der Waals surface area contributed by atoms with Crippen LogP contribution >= 0.6 is 11.6 Å². The van der Waals surface area contributed by atoms with Crippen molar-refractivity contribution >= 4 is 17.2 Å². The lowest BCUT2D eigenvalue weighted by Gasteiger charge is -2.20. The van der Waals surface area contributed by atoms with Crippen molar-refractivity contribution < 1.29 is 13.2 Å². The maximum Gasteiger partial charge on any atom is 0.427 e. The van der Waals surface area contributed by atoms with Gasteiger partial charge in [-0.25, -0.2) is 0 Å². The summed E-state index contributed by atoms with van der Waals surface area (Å²) in [7, 11) is 0. The summed E-state index contributed by atoms with van der Waals surface area (Å²) in [5.41, 5.74) is 0.702. The molecule has 0 N–H and O–H groups in total. The van der Waals surface area contributed by atoms with E-state index >= 15 is 0 Å². The number of likely N-dealkylation sites (tertiary alicyclic amines) is 1. The standard InChI is InChI=1S/C14H15ClF3N/c15-13(14(16,17)18)12(10-19-8-4-5-9-19)11-6-2-1-3-7-11/h1-3,6-7H,4-5,8-10H2/b13-12+. The molecule has 0 aromatic heterocycles. The third-order valence-electron chi connectivity index (χ3n) is 3.22. The molecule has 1 aromatic rings. The third kappa shape index (κ3) is 3.74. The Morgan fingerprint density at radius 1 is 1.11 bits per heavy atom. The van der Waals surface area contributed by atoms with Crippen molar-refractivity contribution in [3.8, 4) is 0 Å². The van der Waals surface area contributed by atoms with Crippen molar-refractivity contribution in [3.05, 3.63) is 40.9 Å². The molecule has 19 heavy (non-hydrogen) atoms. The van der Waals surface area contributed by atoms with Crippen LogP contribution in [0.4, 0.5) is 13.2 Å². The normalized spacial score (nSPS) is 18.5. The van der Waals surface area contributed by atoms with Gasteiger partial charge < -0.3 is 0 Å². The molecule has 0 spiro atoms. The number of hydrogen-bond donors (Lipinski definition) is 0. The molecule has 1 nitrogen and oxygen atoms in total. The number of nitrogens with zero attached hydrogens (tertiary/aromatic N) is 1. The van der Waals surface area contributed by atoms with Crippen LogP contribution in [0.1, 0.15) is 18.4 Å². The lowest BCUT2D eigenvalue weighted by Crippen LogP contribution is -2.23. The van der Waals surface area contributed by atoms with Crippen LogP contribution in [-0.4, -0.2) is 30.7 Å². The Kier molecular flexibility index (Phi) is 4.53. The van der Waals surface area contributed by atoms with Crippen LogP contribution in [0.3, 0.4) is 0 Å². The molecule has 1 aliphatic heterocycles. The number of rotatable bonds is 3. The third-order valence-corrected chi connectivity index (χ3v) is 3.66. The summed E-state index contributed by atoms with van der Waals surface area (Å²) in [6.07, 6.45) is -2.43. The molecule has 0 radical (unpaired) electrons. The highest BCUT2D eigenvalue weighted by Gasteiger charge is 2.36. The van der Waals surface area contributed by atoms with Crippen LogP contribution in [0.15, 0.2) is 35.4 Å². The first kappa shape index (κ1) is 14.4. The Balaban J connectivity index is 2.33. The van der Waals surface area contributed by atoms with Gasteiger partial charge in [0.15, 0.2) is 0 Å². The average Bonchev–Trinajstić information content (AvgIpc) is 2.88. The van der Waals surface area contributed by atoms with E-state index in [0.717, 1.165) is 25.9 Å². The average molecular weight is 290 g/mol. The largest absolute Gasteiger partial charge is 0.427 e. The van der Waals surface area contributed by atoms with Crippen molar-refractivity contribution in [2.45, 2.75) is 19.0 Å². The van der Waals surface area contributed by atoms with Gasteiger partial charge in [0.2, 0.25) is 0 Å². The zero-order valence-electron chi connectivity index (χ0n) is 10.4. The molecule has 5 heteroatoms. The molecule has 1 saturated heterocycles. The first-order chi connectivity index (χ1) is 8.98. The summed E-state index contributed by atoms with van der Waals surface area (Å²) >= 11 is 5.56. The number of benzene rings is 1. The molecule has 1 fully saturated rings. The van der Waals surface area contributed by atoms with E-state index in [0.29, 0.717) is 5.56 Å². The predicted octanol–water partition coefficient (Wildman–Crippen LogP) is 4.29. The summed E-state index contributed by atoms with van der Waals surface area (Å²) < 4.78 is 38.6. The maximum atomic E-state index is 12.9. The lowest BCUT2D eigenvalue weighted by molar-refractivity contribution is -0.0841. The molecule has 0 amide bonds. The monoisotopic (exact) mass is 289 g/mol. The summed E-state index contributed by atoms with van der Waals surface area (Å²) in [5, 5.41) is -1.01. The Bertz CT molecular complexity index is 448. The molecule has 0 unspecified atom stereocenters. The SMILES string of the molecule is FC(F)(F)/C(Cl)=C(/CN1CCCC1)c1ccccc1. The highest BCUT2D eigenvalue weighted by Crippen LogP contribution is 2.36. The van der Waals surface area contributed by atoms with E-state index in [1.807, 2.05) is 4.90 Å². The topological polar surface area (TPSA) is 3.24 Å². The Hall–Kier alpha value is -1.00. The van der Waals surface area contributed by atoms with E-state index in [4.69, 9.17) is 11.6 Å². The van der Waals surface area contributed by atoms with Crippen LogP contribution in [0.2, 0.25) is 0 Å². The van der Waals surface area contributed by atoms with E-state index in [-0.39, 0.29) is 12.1 Å². The first-order valence-corrected chi connectivity index (χ1v) is 6.60. The van der Waals surface area contributed by atoms with Gasteiger partial charge in [-0.2, -0.15) is 13.2 Å². The minimum absolute atomic E-state index is 0.164. The zero-order valence-corrected chi connectivity index (χ0v) is 11.1. The van der Waals surface area contributed by atoms with E-state index in [1.165, 1.54) is 0 Å². The lowest BCUT2D eigenvalue weighted by atomic mass is 10.0. The molecule has 1 heterocycles. The summed E-state index contributed by atoms with van der Waals surface area (Å²) in [4.78, 5) is 2.01. The molecule has 0 aliphatic carbocycles. The van der Waals surface area contributed by atoms with Gasteiger partial charge in [-0.3, -0.25) is 4.90 Å². The zero-order chi connectivity index (χ0) is 13.9. The van der Waals surface area contributed by atoms with Gasteiger partial charge in [-0.15, -0.1) is 0 Å². The Morgan fingerprint density at radius 3 is 2.21 bits per heavy atom. The van der Waals surface area contributed by atoms with Gasteiger partial charge in [0, 0.05) is 6.54 Å². The van der Waals surface area contributed by atoms with Crippen LogP contribution < -0.4 is 0 Å². The number of hydrogen-bond acceptors (Lipinski definition) is 1. The molecular formula is C14H15ClF3N.